The van der Waals surface area contributed by atoms with Gasteiger partial charge >= 0.3 is 5.97 Å². The third kappa shape index (κ3) is 1.93. The van der Waals surface area contributed by atoms with Crippen molar-refractivity contribution in [2.45, 2.75) is 6.92 Å². The smallest absolute Gasteiger partial charge is 0.356 e. The maximum Gasteiger partial charge on any atom is 0.356 e. The van der Waals surface area contributed by atoms with Crippen LogP contribution in [0, 0.1) is 6.92 Å². The number of benzene rings is 1. The van der Waals surface area contributed by atoms with E-state index in [9.17, 15) is 9.90 Å². The van der Waals surface area contributed by atoms with Crippen molar-refractivity contribution in [1.29, 1.82) is 0 Å². The minimum atomic E-state index is -1.11. The van der Waals surface area contributed by atoms with Crippen molar-refractivity contribution in [3.05, 3.63) is 34.5 Å². The van der Waals surface area contributed by atoms with E-state index in [1.807, 2.05) is 0 Å². The number of phenolic OH excluding ortho intramolecular Hbond substituents is 1. The summed E-state index contributed by atoms with van der Waals surface area (Å²) in [5.41, 5.74) is 1.71. The zero-order valence-electron chi connectivity index (χ0n) is 9.81. The second-order valence-electron chi connectivity index (χ2n) is 3.93. The molecule has 0 unspecified atom stereocenters. The number of hydrogen-bond donors (Lipinski definition) is 2. The number of hydrogen-bond acceptors (Lipinski definition) is 3. The molecule has 5 nitrogen and oxygen atoms in total. The van der Waals surface area contributed by atoms with E-state index in [4.69, 9.17) is 16.7 Å². The first-order valence-corrected chi connectivity index (χ1v) is 5.55. The number of aryl methyl sites for hydroxylation is 2. The van der Waals surface area contributed by atoms with E-state index in [0.29, 0.717) is 11.3 Å². The summed E-state index contributed by atoms with van der Waals surface area (Å²) >= 11 is 5.86. The number of rotatable bonds is 2. The standard InChI is InChI=1S/C12H11ClN2O3/c1-6-3-4-7(13)11(16)10(6)9-5-8(12(17)18)14-15(9)2/h3-5,16H,1-2H3,(H,17,18). The zero-order valence-corrected chi connectivity index (χ0v) is 10.6. The summed E-state index contributed by atoms with van der Waals surface area (Å²) in [6, 6.07) is 4.75. The summed E-state index contributed by atoms with van der Waals surface area (Å²) in [5, 5.41) is 23.0. The molecule has 0 spiro atoms. The van der Waals surface area contributed by atoms with Gasteiger partial charge in [-0.2, -0.15) is 5.10 Å². The van der Waals surface area contributed by atoms with Crippen LogP contribution in [0.2, 0.25) is 5.02 Å². The quantitative estimate of drug-likeness (QED) is 0.875. The Kier molecular flexibility index (Phi) is 3.00. The van der Waals surface area contributed by atoms with Crippen LogP contribution in [0.3, 0.4) is 0 Å². The fourth-order valence-electron chi connectivity index (χ4n) is 1.80. The molecule has 0 aliphatic carbocycles. The maximum atomic E-state index is 10.9. The largest absolute Gasteiger partial charge is 0.506 e. The predicted molar refractivity (Wildman–Crippen MR) is 67.0 cm³/mol. The van der Waals surface area contributed by atoms with Crippen LogP contribution in [0.4, 0.5) is 0 Å². The van der Waals surface area contributed by atoms with E-state index in [1.54, 1.807) is 26.1 Å². The third-order valence-corrected chi connectivity index (χ3v) is 3.00. The predicted octanol–water partition coefficient (Wildman–Crippen LogP) is 2.45. The number of halogens is 1. The van der Waals surface area contributed by atoms with Gasteiger partial charge < -0.3 is 10.2 Å². The topological polar surface area (TPSA) is 75.3 Å². The monoisotopic (exact) mass is 266 g/mol. The SMILES string of the molecule is Cc1ccc(Cl)c(O)c1-c1cc(C(=O)O)nn1C. The van der Waals surface area contributed by atoms with E-state index in [2.05, 4.69) is 5.10 Å². The highest BCUT2D eigenvalue weighted by atomic mass is 35.5. The Hall–Kier alpha value is -2.01. The first-order valence-electron chi connectivity index (χ1n) is 5.17. The van der Waals surface area contributed by atoms with Crippen LogP contribution >= 0.6 is 11.6 Å². The maximum absolute atomic E-state index is 10.9. The normalized spacial score (nSPS) is 10.6. The minimum Gasteiger partial charge on any atom is -0.506 e. The average molecular weight is 267 g/mol. The van der Waals surface area contributed by atoms with Gasteiger partial charge in [0.05, 0.1) is 10.7 Å². The molecule has 0 atom stereocenters. The molecule has 0 amide bonds. The van der Waals surface area contributed by atoms with Gasteiger partial charge in [-0.05, 0) is 24.6 Å². The zero-order chi connectivity index (χ0) is 13.4. The lowest BCUT2D eigenvalue weighted by atomic mass is 10.0. The summed E-state index contributed by atoms with van der Waals surface area (Å²) in [5.74, 6) is -1.19. The van der Waals surface area contributed by atoms with E-state index < -0.39 is 5.97 Å². The number of aromatic hydroxyl groups is 1. The van der Waals surface area contributed by atoms with E-state index in [1.165, 1.54) is 10.7 Å². The Morgan fingerprint density at radius 2 is 2.11 bits per heavy atom. The molecule has 0 fully saturated rings. The number of aromatic carboxylic acids is 1. The van der Waals surface area contributed by atoms with Crippen molar-refractivity contribution in [3.8, 4) is 17.0 Å². The minimum absolute atomic E-state index is 0.0726. The van der Waals surface area contributed by atoms with Gasteiger partial charge in [0.15, 0.2) is 5.69 Å². The Morgan fingerprint density at radius 1 is 1.44 bits per heavy atom. The second kappa shape index (κ2) is 4.34. The lowest BCUT2D eigenvalue weighted by molar-refractivity contribution is 0.0689. The van der Waals surface area contributed by atoms with Crippen molar-refractivity contribution in [1.82, 2.24) is 9.78 Å². The van der Waals surface area contributed by atoms with Crippen LogP contribution in [0.5, 0.6) is 5.75 Å². The summed E-state index contributed by atoms with van der Waals surface area (Å²) in [4.78, 5) is 10.9. The third-order valence-electron chi connectivity index (χ3n) is 2.69. The van der Waals surface area contributed by atoms with Gasteiger partial charge in [0.2, 0.25) is 0 Å². The first-order chi connectivity index (χ1) is 8.41. The molecule has 1 aromatic carbocycles. The first kappa shape index (κ1) is 12.4. The van der Waals surface area contributed by atoms with Crippen LogP contribution < -0.4 is 0 Å². The van der Waals surface area contributed by atoms with Crippen LogP contribution in [-0.2, 0) is 7.05 Å². The Morgan fingerprint density at radius 3 is 2.67 bits per heavy atom. The van der Waals surface area contributed by atoms with Gasteiger partial charge in [0.1, 0.15) is 5.75 Å². The molecule has 6 heteroatoms. The fourth-order valence-corrected chi connectivity index (χ4v) is 1.95. The van der Waals surface area contributed by atoms with Crippen molar-refractivity contribution in [3.63, 3.8) is 0 Å². The summed E-state index contributed by atoms with van der Waals surface area (Å²) < 4.78 is 1.40. The highest BCUT2D eigenvalue weighted by molar-refractivity contribution is 6.32. The molecule has 0 saturated carbocycles. The molecule has 0 saturated heterocycles. The van der Waals surface area contributed by atoms with E-state index in [0.717, 1.165) is 5.56 Å². The highest BCUT2D eigenvalue weighted by Gasteiger charge is 2.18. The van der Waals surface area contributed by atoms with Crippen molar-refractivity contribution >= 4 is 17.6 Å². The fraction of sp³-hybridized carbons (Fsp3) is 0.167. The number of carbonyl (C=O) groups is 1. The Labute approximate surface area is 108 Å². The molecular formula is C12H11ClN2O3. The molecule has 1 aromatic heterocycles. The lowest BCUT2D eigenvalue weighted by Gasteiger charge is -2.09. The van der Waals surface area contributed by atoms with Crippen LogP contribution in [0.1, 0.15) is 16.1 Å². The molecule has 0 radical (unpaired) electrons. The molecule has 2 rings (SSSR count). The summed E-state index contributed by atoms with van der Waals surface area (Å²) in [6.07, 6.45) is 0. The highest BCUT2D eigenvalue weighted by Crippen LogP contribution is 2.37. The number of carboxylic acid groups (broad SMARTS) is 1. The van der Waals surface area contributed by atoms with Crippen LogP contribution in [0.15, 0.2) is 18.2 Å². The molecule has 2 N–H and O–H groups in total. The van der Waals surface area contributed by atoms with Gasteiger partial charge in [-0.25, -0.2) is 4.79 Å². The molecular weight excluding hydrogens is 256 g/mol. The van der Waals surface area contributed by atoms with Gasteiger partial charge in [0.25, 0.3) is 0 Å². The molecule has 2 aromatic rings. The Bertz CT molecular complexity index is 634. The van der Waals surface area contributed by atoms with E-state index >= 15 is 0 Å². The second-order valence-corrected chi connectivity index (χ2v) is 4.34. The number of carboxylic acids is 1. The molecule has 0 aliphatic rings. The number of phenols is 1. The van der Waals surface area contributed by atoms with Crippen molar-refractivity contribution in [2.24, 2.45) is 7.05 Å². The summed E-state index contributed by atoms with van der Waals surface area (Å²) in [6.45, 7) is 1.80. The lowest BCUT2D eigenvalue weighted by Crippen LogP contribution is -1.99. The molecule has 18 heavy (non-hydrogen) atoms. The molecule has 1 heterocycles. The van der Waals surface area contributed by atoms with E-state index in [-0.39, 0.29) is 16.5 Å². The van der Waals surface area contributed by atoms with Crippen LogP contribution in [-0.4, -0.2) is 26.0 Å². The molecule has 0 aliphatic heterocycles. The summed E-state index contributed by atoms with van der Waals surface area (Å²) in [7, 11) is 1.61. The van der Waals surface area contributed by atoms with Crippen molar-refractivity contribution < 1.29 is 15.0 Å². The van der Waals surface area contributed by atoms with Gasteiger partial charge in [-0.1, -0.05) is 17.7 Å². The van der Waals surface area contributed by atoms with Gasteiger partial charge in [-0.3, -0.25) is 4.68 Å². The molecule has 94 valence electrons. The van der Waals surface area contributed by atoms with Gasteiger partial charge in [0, 0.05) is 12.6 Å². The average Bonchev–Trinajstić information content (AvgIpc) is 2.67. The Balaban J connectivity index is 2.69. The number of nitrogens with zero attached hydrogens (tertiary/aromatic N) is 2. The van der Waals surface area contributed by atoms with Crippen LogP contribution in [0.25, 0.3) is 11.3 Å². The van der Waals surface area contributed by atoms with Gasteiger partial charge in [-0.15, -0.1) is 0 Å². The van der Waals surface area contributed by atoms with Crippen molar-refractivity contribution in [2.75, 3.05) is 0 Å². The molecule has 0 bridgehead atoms. The number of aromatic nitrogens is 2.